The predicted octanol–water partition coefficient (Wildman–Crippen LogP) is 3.47. The molecule has 4 nitrogen and oxygen atoms in total. The lowest BCUT2D eigenvalue weighted by atomic mass is 10.1. The van der Waals surface area contributed by atoms with Crippen LogP contribution >= 0.6 is 36.2 Å². The highest BCUT2D eigenvalue weighted by molar-refractivity contribution is 7.09. The quantitative estimate of drug-likeness (QED) is 0.834. The van der Waals surface area contributed by atoms with Gasteiger partial charge in [-0.2, -0.15) is 0 Å². The molecule has 0 radical (unpaired) electrons. The van der Waals surface area contributed by atoms with Crippen molar-refractivity contribution in [3.8, 4) is 0 Å². The SMILES string of the molecule is Cl.Cl.O=C(Cc1csc(Cc2ccccc2)n1)N1CCC2CCC(C1)N2. The molecule has 2 fully saturated rings. The van der Waals surface area contributed by atoms with Gasteiger partial charge in [0.2, 0.25) is 5.91 Å². The molecule has 2 atom stereocenters. The van der Waals surface area contributed by atoms with Crippen LogP contribution in [0.1, 0.15) is 35.5 Å². The minimum absolute atomic E-state index is 0. The molecule has 0 saturated carbocycles. The zero-order valence-electron chi connectivity index (χ0n) is 14.6. The van der Waals surface area contributed by atoms with Crippen LogP contribution < -0.4 is 5.32 Å². The number of benzene rings is 1. The third kappa shape index (κ3) is 5.19. The number of fused-ring (bicyclic) bond motifs is 2. The van der Waals surface area contributed by atoms with Gasteiger partial charge in [0.25, 0.3) is 0 Å². The van der Waals surface area contributed by atoms with E-state index in [2.05, 4.69) is 34.6 Å². The van der Waals surface area contributed by atoms with Gasteiger partial charge < -0.3 is 10.2 Å². The first-order chi connectivity index (χ1) is 11.8. The summed E-state index contributed by atoms with van der Waals surface area (Å²) in [6.45, 7) is 1.74. The number of halogens is 2. The van der Waals surface area contributed by atoms with E-state index in [-0.39, 0.29) is 30.7 Å². The maximum absolute atomic E-state index is 12.6. The first-order valence-electron chi connectivity index (χ1n) is 8.77. The van der Waals surface area contributed by atoms with Gasteiger partial charge in [-0.3, -0.25) is 4.79 Å². The summed E-state index contributed by atoms with van der Waals surface area (Å²) < 4.78 is 0. The van der Waals surface area contributed by atoms with Crippen LogP contribution in [0.5, 0.6) is 0 Å². The number of nitrogens with one attached hydrogen (secondary N) is 1. The van der Waals surface area contributed by atoms with Crippen molar-refractivity contribution in [2.24, 2.45) is 0 Å². The number of amides is 1. The van der Waals surface area contributed by atoms with Crippen molar-refractivity contribution in [1.29, 1.82) is 0 Å². The summed E-state index contributed by atoms with van der Waals surface area (Å²) in [5.41, 5.74) is 2.18. The topological polar surface area (TPSA) is 45.2 Å². The van der Waals surface area contributed by atoms with Gasteiger partial charge in [0.1, 0.15) is 0 Å². The molecule has 2 bridgehead atoms. The second kappa shape index (κ2) is 9.70. The third-order valence-electron chi connectivity index (χ3n) is 5.01. The van der Waals surface area contributed by atoms with Gasteiger partial charge in [-0.1, -0.05) is 30.3 Å². The molecule has 2 aliphatic heterocycles. The fraction of sp³-hybridized carbons (Fsp3) is 0.474. The van der Waals surface area contributed by atoms with Gasteiger partial charge >= 0.3 is 0 Å². The Balaban J connectivity index is 0.00000121. The standard InChI is InChI=1S/C19H23N3OS.2ClH/c23-19(22-9-8-15-6-7-16(12-22)20-15)11-17-13-24-18(21-17)10-14-4-2-1-3-5-14;;/h1-5,13,15-16,20H,6-12H2;2*1H. The molecule has 1 aromatic heterocycles. The average Bonchev–Trinajstić information content (AvgIpc) is 3.14. The van der Waals surface area contributed by atoms with Gasteiger partial charge in [0.15, 0.2) is 0 Å². The molecule has 7 heteroatoms. The number of thiazole rings is 1. The largest absolute Gasteiger partial charge is 0.341 e. The van der Waals surface area contributed by atoms with Crippen LogP contribution in [0.3, 0.4) is 0 Å². The van der Waals surface area contributed by atoms with E-state index in [4.69, 9.17) is 0 Å². The Morgan fingerprint density at radius 1 is 1.15 bits per heavy atom. The summed E-state index contributed by atoms with van der Waals surface area (Å²) in [6, 6.07) is 11.5. The highest BCUT2D eigenvalue weighted by atomic mass is 35.5. The van der Waals surface area contributed by atoms with E-state index in [1.54, 1.807) is 11.3 Å². The Kier molecular flexibility index (Phi) is 7.89. The molecule has 26 heavy (non-hydrogen) atoms. The van der Waals surface area contributed by atoms with Crippen LogP contribution in [0, 0.1) is 0 Å². The molecule has 2 aliphatic rings. The van der Waals surface area contributed by atoms with Gasteiger partial charge in [-0.25, -0.2) is 4.98 Å². The average molecular weight is 414 g/mol. The first kappa shape index (κ1) is 21.2. The summed E-state index contributed by atoms with van der Waals surface area (Å²) in [5, 5.41) is 6.75. The highest BCUT2D eigenvalue weighted by Crippen LogP contribution is 2.21. The number of aromatic nitrogens is 1. The molecule has 2 saturated heterocycles. The fourth-order valence-electron chi connectivity index (χ4n) is 3.72. The number of carbonyl (C=O) groups is 1. The van der Waals surface area contributed by atoms with Crippen LogP contribution in [0.2, 0.25) is 0 Å². The van der Waals surface area contributed by atoms with E-state index in [1.807, 2.05) is 16.3 Å². The minimum atomic E-state index is 0. The summed E-state index contributed by atoms with van der Waals surface area (Å²) in [5.74, 6) is 0.223. The molecule has 2 unspecified atom stereocenters. The molecule has 2 aromatic rings. The zero-order chi connectivity index (χ0) is 16.4. The van der Waals surface area contributed by atoms with Crippen molar-refractivity contribution in [2.45, 2.75) is 44.2 Å². The Morgan fingerprint density at radius 3 is 2.73 bits per heavy atom. The molecule has 0 aliphatic carbocycles. The van der Waals surface area contributed by atoms with Gasteiger partial charge in [0, 0.05) is 37.0 Å². The number of nitrogens with zero attached hydrogens (tertiary/aromatic N) is 2. The van der Waals surface area contributed by atoms with E-state index < -0.39 is 0 Å². The number of rotatable bonds is 4. The van der Waals surface area contributed by atoms with E-state index in [9.17, 15) is 4.79 Å². The van der Waals surface area contributed by atoms with Crippen molar-refractivity contribution in [3.63, 3.8) is 0 Å². The molecule has 0 spiro atoms. The normalized spacial score (nSPS) is 21.5. The molecule has 1 amide bonds. The maximum atomic E-state index is 12.6. The summed E-state index contributed by atoms with van der Waals surface area (Å²) in [4.78, 5) is 19.3. The lowest BCUT2D eigenvalue weighted by molar-refractivity contribution is -0.130. The number of carbonyl (C=O) groups excluding carboxylic acids is 1. The lowest BCUT2D eigenvalue weighted by Gasteiger charge is -2.24. The summed E-state index contributed by atoms with van der Waals surface area (Å²) in [6.07, 6.45) is 4.83. The molecular weight excluding hydrogens is 389 g/mol. The highest BCUT2D eigenvalue weighted by Gasteiger charge is 2.31. The van der Waals surface area contributed by atoms with E-state index >= 15 is 0 Å². The van der Waals surface area contributed by atoms with Crippen LogP contribution in [0.15, 0.2) is 35.7 Å². The van der Waals surface area contributed by atoms with Crippen molar-refractivity contribution in [3.05, 3.63) is 52.0 Å². The molecule has 3 heterocycles. The van der Waals surface area contributed by atoms with E-state index in [1.165, 1.54) is 18.4 Å². The molecule has 1 aromatic carbocycles. The van der Waals surface area contributed by atoms with E-state index in [0.29, 0.717) is 18.5 Å². The van der Waals surface area contributed by atoms with Gasteiger partial charge in [0.05, 0.1) is 17.1 Å². The maximum Gasteiger partial charge on any atom is 0.228 e. The van der Waals surface area contributed by atoms with Gasteiger partial charge in [-0.15, -0.1) is 36.2 Å². The van der Waals surface area contributed by atoms with Gasteiger partial charge in [-0.05, 0) is 24.8 Å². The lowest BCUT2D eigenvalue weighted by Crippen LogP contribution is -2.39. The van der Waals surface area contributed by atoms with E-state index in [0.717, 1.165) is 36.6 Å². The zero-order valence-corrected chi connectivity index (χ0v) is 17.0. The fourth-order valence-corrected chi connectivity index (χ4v) is 4.55. The Hall–Kier alpha value is -1.14. The summed E-state index contributed by atoms with van der Waals surface area (Å²) in [7, 11) is 0. The molecule has 4 rings (SSSR count). The first-order valence-corrected chi connectivity index (χ1v) is 9.65. The molecule has 142 valence electrons. The number of hydrogen-bond acceptors (Lipinski definition) is 4. The van der Waals surface area contributed by atoms with Crippen LogP contribution in [-0.4, -0.2) is 41.0 Å². The third-order valence-corrected chi connectivity index (χ3v) is 5.90. The predicted molar refractivity (Wildman–Crippen MR) is 111 cm³/mol. The Morgan fingerprint density at radius 2 is 1.92 bits per heavy atom. The minimum Gasteiger partial charge on any atom is -0.341 e. The second-order valence-corrected chi connectivity index (χ2v) is 7.78. The number of likely N-dealkylation sites (tertiary alicyclic amines) is 1. The van der Waals surface area contributed by atoms with Crippen molar-refractivity contribution >= 4 is 42.1 Å². The van der Waals surface area contributed by atoms with Crippen molar-refractivity contribution in [2.75, 3.05) is 13.1 Å². The van der Waals surface area contributed by atoms with Crippen LogP contribution in [-0.2, 0) is 17.6 Å². The Labute approximate surface area is 171 Å². The van der Waals surface area contributed by atoms with Crippen molar-refractivity contribution < 1.29 is 4.79 Å². The molecular formula is C19H25Cl2N3OS. The van der Waals surface area contributed by atoms with Crippen LogP contribution in [0.4, 0.5) is 0 Å². The summed E-state index contributed by atoms with van der Waals surface area (Å²) >= 11 is 1.66. The van der Waals surface area contributed by atoms with Crippen molar-refractivity contribution in [1.82, 2.24) is 15.2 Å². The monoisotopic (exact) mass is 413 g/mol. The smallest absolute Gasteiger partial charge is 0.228 e. The Bertz CT molecular complexity index is 710. The van der Waals surface area contributed by atoms with Crippen LogP contribution in [0.25, 0.3) is 0 Å². The second-order valence-electron chi connectivity index (χ2n) is 6.84. The molecule has 1 N–H and O–H groups in total. The number of hydrogen-bond donors (Lipinski definition) is 1.